The number of nitrogens with zero attached hydrogens (tertiary/aromatic N) is 1. The summed E-state index contributed by atoms with van der Waals surface area (Å²) in [5.74, 6) is 0.512. The van der Waals surface area contributed by atoms with Gasteiger partial charge in [0.05, 0.1) is 5.75 Å². The predicted molar refractivity (Wildman–Crippen MR) is 79.3 cm³/mol. The number of carbonyl (C=O) groups is 1. The average molecular weight is 283 g/mol. The van der Waals surface area contributed by atoms with E-state index >= 15 is 0 Å². The van der Waals surface area contributed by atoms with E-state index in [1.54, 1.807) is 25.1 Å². The smallest absolute Gasteiger partial charge is 0.232 e. The normalized spacial score (nSPS) is 12.3. The highest BCUT2D eigenvalue weighted by molar-refractivity contribution is 8.00. The van der Waals surface area contributed by atoms with Gasteiger partial charge in [-0.3, -0.25) is 4.79 Å². The Bertz CT molecular complexity index is 460. The molecule has 1 rings (SSSR count). The van der Waals surface area contributed by atoms with Crippen LogP contribution in [0.2, 0.25) is 0 Å². The molecule has 0 N–H and O–H groups in total. The van der Waals surface area contributed by atoms with Gasteiger partial charge in [-0.1, -0.05) is 13.8 Å². The molecule has 1 aromatic carbocycles. The molecule has 1 aromatic rings. The molecule has 0 spiro atoms. The molecular formula is C15H22FNOS. The van der Waals surface area contributed by atoms with Gasteiger partial charge in [-0.05, 0) is 42.5 Å². The van der Waals surface area contributed by atoms with Crippen molar-refractivity contribution in [2.24, 2.45) is 0 Å². The Morgan fingerprint density at radius 1 is 1.42 bits per heavy atom. The number of halogens is 1. The predicted octanol–water partition coefficient (Wildman–Crippen LogP) is 3.83. The van der Waals surface area contributed by atoms with Gasteiger partial charge in [0.15, 0.2) is 0 Å². The third-order valence-electron chi connectivity index (χ3n) is 3.29. The third kappa shape index (κ3) is 4.23. The lowest BCUT2D eigenvalue weighted by molar-refractivity contribution is -0.125. The van der Waals surface area contributed by atoms with E-state index in [0.717, 1.165) is 22.4 Å². The lowest BCUT2D eigenvalue weighted by Gasteiger charge is -2.15. The maximum atomic E-state index is 13.9. The number of hydrogen-bond donors (Lipinski definition) is 0. The SMILES string of the molecule is CCC(C)c1cc(SCC(=O)N(C)C)c(C)cc1F. The highest BCUT2D eigenvalue weighted by Gasteiger charge is 2.14. The summed E-state index contributed by atoms with van der Waals surface area (Å²) >= 11 is 1.48. The fourth-order valence-electron chi connectivity index (χ4n) is 1.69. The zero-order chi connectivity index (χ0) is 14.6. The first-order chi connectivity index (χ1) is 8.86. The Morgan fingerprint density at radius 3 is 2.58 bits per heavy atom. The van der Waals surface area contributed by atoms with E-state index < -0.39 is 0 Å². The van der Waals surface area contributed by atoms with Crippen LogP contribution in [0.25, 0.3) is 0 Å². The summed E-state index contributed by atoms with van der Waals surface area (Å²) in [7, 11) is 3.48. The van der Waals surface area contributed by atoms with E-state index in [2.05, 4.69) is 0 Å². The van der Waals surface area contributed by atoms with Crippen LogP contribution in [0.15, 0.2) is 17.0 Å². The molecule has 0 aromatic heterocycles. The van der Waals surface area contributed by atoms with Crippen molar-refractivity contribution in [3.05, 3.63) is 29.1 Å². The van der Waals surface area contributed by atoms with E-state index in [0.29, 0.717) is 5.75 Å². The topological polar surface area (TPSA) is 20.3 Å². The van der Waals surface area contributed by atoms with Crippen LogP contribution in [0.5, 0.6) is 0 Å². The second-order valence-electron chi connectivity index (χ2n) is 5.03. The van der Waals surface area contributed by atoms with Gasteiger partial charge in [-0.25, -0.2) is 4.39 Å². The second-order valence-corrected chi connectivity index (χ2v) is 6.04. The lowest BCUT2D eigenvalue weighted by Crippen LogP contribution is -2.23. The van der Waals surface area contributed by atoms with Gasteiger partial charge in [0.1, 0.15) is 5.82 Å². The fraction of sp³-hybridized carbons (Fsp3) is 0.533. The molecule has 2 nitrogen and oxygen atoms in total. The molecule has 0 aliphatic carbocycles. The molecule has 1 amide bonds. The molecule has 0 aliphatic heterocycles. The Labute approximate surface area is 119 Å². The number of rotatable bonds is 5. The quantitative estimate of drug-likeness (QED) is 0.766. The third-order valence-corrected chi connectivity index (χ3v) is 4.43. The first-order valence-electron chi connectivity index (χ1n) is 6.49. The summed E-state index contributed by atoms with van der Waals surface area (Å²) in [6.45, 7) is 5.95. The summed E-state index contributed by atoms with van der Waals surface area (Å²) in [5.41, 5.74) is 1.63. The number of carbonyl (C=O) groups excluding carboxylic acids is 1. The number of aryl methyl sites for hydroxylation is 1. The van der Waals surface area contributed by atoms with E-state index in [9.17, 15) is 9.18 Å². The van der Waals surface area contributed by atoms with Crippen molar-refractivity contribution in [2.45, 2.75) is 38.0 Å². The van der Waals surface area contributed by atoms with E-state index in [1.807, 2.05) is 26.8 Å². The number of amides is 1. The monoisotopic (exact) mass is 283 g/mol. The maximum absolute atomic E-state index is 13.9. The summed E-state index contributed by atoms with van der Waals surface area (Å²) < 4.78 is 13.9. The van der Waals surface area contributed by atoms with Gasteiger partial charge in [-0.2, -0.15) is 0 Å². The van der Waals surface area contributed by atoms with Gasteiger partial charge >= 0.3 is 0 Å². The van der Waals surface area contributed by atoms with Crippen LogP contribution in [-0.4, -0.2) is 30.7 Å². The molecule has 0 fully saturated rings. The van der Waals surface area contributed by atoms with Crippen molar-refractivity contribution in [2.75, 3.05) is 19.8 Å². The molecule has 0 saturated heterocycles. The standard InChI is InChI=1S/C15H22FNOS/c1-6-10(2)12-8-14(11(3)7-13(12)16)19-9-15(18)17(4)5/h7-8,10H,6,9H2,1-5H3. The minimum atomic E-state index is -0.143. The van der Waals surface area contributed by atoms with Crippen LogP contribution in [0.4, 0.5) is 4.39 Å². The van der Waals surface area contributed by atoms with Crippen molar-refractivity contribution in [1.82, 2.24) is 4.90 Å². The first-order valence-corrected chi connectivity index (χ1v) is 7.48. The summed E-state index contributed by atoms with van der Waals surface area (Å²) in [4.78, 5) is 14.2. The van der Waals surface area contributed by atoms with E-state index in [4.69, 9.17) is 0 Å². The molecule has 19 heavy (non-hydrogen) atoms. The highest BCUT2D eigenvalue weighted by Crippen LogP contribution is 2.30. The Morgan fingerprint density at radius 2 is 2.05 bits per heavy atom. The van der Waals surface area contributed by atoms with Crippen molar-refractivity contribution in [1.29, 1.82) is 0 Å². The van der Waals surface area contributed by atoms with Crippen molar-refractivity contribution in [3.63, 3.8) is 0 Å². The maximum Gasteiger partial charge on any atom is 0.232 e. The van der Waals surface area contributed by atoms with E-state index in [1.165, 1.54) is 11.8 Å². The van der Waals surface area contributed by atoms with Gasteiger partial charge in [0, 0.05) is 19.0 Å². The van der Waals surface area contributed by atoms with Crippen molar-refractivity contribution < 1.29 is 9.18 Å². The second kappa shape index (κ2) is 6.94. The highest BCUT2D eigenvalue weighted by atomic mass is 32.2. The summed E-state index contributed by atoms with van der Waals surface area (Å²) in [6, 6.07) is 3.47. The summed E-state index contributed by atoms with van der Waals surface area (Å²) in [5, 5.41) is 0. The summed E-state index contributed by atoms with van der Waals surface area (Å²) in [6.07, 6.45) is 0.903. The Balaban J connectivity index is 2.92. The molecule has 1 atom stereocenters. The molecule has 0 saturated carbocycles. The molecule has 0 radical (unpaired) electrons. The van der Waals surface area contributed by atoms with Crippen LogP contribution >= 0.6 is 11.8 Å². The van der Waals surface area contributed by atoms with Gasteiger partial charge in [0.2, 0.25) is 5.91 Å². The largest absolute Gasteiger partial charge is 0.348 e. The van der Waals surface area contributed by atoms with Crippen LogP contribution in [0.3, 0.4) is 0 Å². The van der Waals surface area contributed by atoms with Gasteiger partial charge in [0.25, 0.3) is 0 Å². The molecule has 1 unspecified atom stereocenters. The number of hydrogen-bond acceptors (Lipinski definition) is 2. The molecule has 106 valence electrons. The lowest BCUT2D eigenvalue weighted by atomic mass is 9.97. The van der Waals surface area contributed by atoms with Gasteiger partial charge in [-0.15, -0.1) is 11.8 Å². The number of benzene rings is 1. The Hall–Kier alpha value is -1.03. The fourth-order valence-corrected chi connectivity index (χ4v) is 2.72. The van der Waals surface area contributed by atoms with Crippen LogP contribution < -0.4 is 0 Å². The van der Waals surface area contributed by atoms with Crippen LogP contribution in [-0.2, 0) is 4.79 Å². The van der Waals surface area contributed by atoms with Gasteiger partial charge < -0.3 is 4.90 Å². The molecule has 0 bridgehead atoms. The zero-order valence-corrected chi connectivity index (χ0v) is 13.1. The van der Waals surface area contributed by atoms with Crippen molar-refractivity contribution >= 4 is 17.7 Å². The minimum Gasteiger partial charge on any atom is -0.348 e. The number of thioether (sulfide) groups is 1. The Kier molecular flexibility index (Phi) is 5.85. The van der Waals surface area contributed by atoms with Crippen LogP contribution in [0, 0.1) is 12.7 Å². The average Bonchev–Trinajstić information content (AvgIpc) is 2.36. The van der Waals surface area contributed by atoms with Crippen molar-refractivity contribution in [3.8, 4) is 0 Å². The van der Waals surface area contributed by atoms with Crippen LogP contribution in [0.1, 0.15) is 37.3 Å². The minimum absolute atomic E-state index is 0.0683. The molecule has 0 aliphatic rings. The molecular weight excluding hydrogens is 261 g/mol. The first kappa shape index (κ1) is 16.0. The van der Waals surface area contributed by atoms with E-state index in [-0.39, 0.29) is 17.6 Å². The molecule has 4 heteroatoms. The zero-order valence-electron chi connectivity index (χ0n) is 12.3. The molecule has 0 heterocycles.